The topological polar surface area (TPSA) is 42.7 Å². The first-order valence-corrected chi connectivity index (χ1v) is 7.39. The van der Waals surface area contributed by atoms with Crippen molar-refractivity contribution < 1.29 is 0 Å². The first-order valence-electron chi connectivity index (χ1n) is 7.39. The molecule has 0 aliphatic rings. The van der Waals surface area contributed by atoms with Gasteiger partial charge in [0.05, 0.1) is 6.04 Å². The van der Waals surface area contributed by atoms with Gasteiger partial charge < -0.3 is 9.88 Å². The molecule has 108 valence electrons. The van der Waals surface area contributed by atoms with Gasteiger partial charge in [0, 0.05) is 37.8 Å². The van der Waals surface area contributed by atoms with Crippen LogP contribution in [-0.4, -0.2) is 21.1 Å². The molecule has 20 heavy (non-hydrogen) atoms. The summed E-state index contributed by atoms with van der Waals surface area (Å²) in [5, 5.41) is 3.57. The van der Waals surface area contributed by atoms with E-state index in [0.29, 0.717) is 0 Å². The minimum atomic E-state index is 0.218. The van der Waals surface area contributed by atoms with Gasteiger partial charge in [0.15, 0.2) is 0 Å². The normalized spacial score (nSPS) is 12.6. The van der Waals surface area contributed by atoms with Crippen molar-refractivity contribution in [2.45, 2.75) is 39.2 Å². The third kappa shape index (κ3) is 3.67. The van der Waals surface area contributed by atoms with Crippen LogP contribution in [0.25, 0.3) is 0 Å². The van der Waals surface area contributed by atoms with E-state index in [1.807, 2.05) is 25.6 Å². The van der Waals surface area contributed by atoms with Gasteiger partial charge in [-0.3, -0.25) is 4.98 Å². The number of hydrogen-bond donors (Lipinski definition) is 1. The summed E-state index contributed by atoms with van der Waals surface area (Å²) >= 11 is 0. The van der Waals surface area contributed by atoms with Gasteiger partial charge in [0.2, 0.25) is 0 Å². The van der Waals surface area contributed by atoms with Crippen LogP contribution in [0.2, 0.25) is 0 Å². The number of aryl methyl sites for hydroxylation is 2. The predicted molar refractivity (Wildman–Crippen MR) is 81.6 cm³/mol. The molecule has 0 spiro atoms. The molecule has 0 aliphatic carbocycles. The van der Waals surface area contributed by atoms with E-state index >= 15 is 0 Å². The summed E-state index contributed by atoms with van der Waals surface area (Å²) in [5.74, 6) is 1.07. The van der Waals surface area contributed by atoms with Crippen molar-refractivity contribution in [2.75, 3.05) is 6.54 Å². The molecule has 0 bridgehead atoms. The van der Waals surface area contributed by atoms with E-state index in [1.165, 1.54) is 5.56 Å². The van der Waals surface area contributed by atoms with Crippen molar-refractivity contribution in [1.82, 2.24) is 19.9 Å². The number of rotatable bonds is 7. The molecule has 0 saturated heterocycles. The van der Waals surface area contributed by atoms with Crippen molar-refractivity contribution >= 4 is 0 Å². The fraction of sp³-hybridized carbons (Fsp3) is 0.500. The highest BCUT2D eigenvalue weighted by atomic mass is 15.1. The highest BCUT2D eigenvalue weighted by Crippen LogP contribution is 2.16. The van der Waals surface area contributed by atoms with Gasteiger partial charge in [0.1, 0.15) is 5.82 Å². The third-order valence-electron chi connectivity index (χ3n) is 3.52. The van der Waals surface area contributed by atoms with E-state index in [1.54, 1.807) is 0 Å². The largest absolute Gasteiger partial charge is 0.337 e. The highest BCUT2D eigenvalue weighted by molar-refractivity contribution is 5.16. The lowest BCUT2D eigenvalue weighted by Gasteiger charge is -2.18. The number of imidazole rings is 1. The molecule has 0 aromatic carbocycles. The third-order valence-corrected chi connectivity index (χ3v) is 3.52. The second kappa shape index (κ2) is 7.20. The van der Waals surface area contributed by atoms with Crippen molar-refractivity contribution in [2.24, 2.45) is 7.05 Å². The Bertz CT molecular complexity index is 516. The molecule has 0 aliphatic heterocycles. The standard InChI is InChI=1S/C16H24N4/c1-4-8-17-15(16-18-9-10-20(16)3)11-14-7-6-13(5-2)12-19-14/h6-7,9-10,12,15,17H,4-5,8,11H2,1-3H3. The second-order valence-corrected chi connectivity index (χ2v) is 5.12. The van der Waals surface area contributed by atoms with Gasteiger partial charge in [0.25, 0.3) is 0 Å². The van der Waals surface area contributed by atoms with Crippen LogP contribution in [0.4, 0.5) is 0 Å². The zero-order valence-corrected chi connectivity index (χ0v) is 12.6. The van der Waals surface area contributed by atoms with Gasteiger partial charge in [-0.1, -0.05) is 19.9 Å². The molecule has 0 radical (unpaired) electrons. The molecule has 2 aromatic heterocycles. The van der Waals surface area contributed by atoms with E-state index < -0.39 is 0 Å². The molecule has 4 nitrogen and oxygen atoms in total. The summed E-state index contributed by atoms with van der Waals surface area (Å²) in [4.78, 5) is 9.03. The van der Waals surface area contributed by atoms with Crippen LogP contribution in [0.3, 0.4) is 0 Å². The van der Waals surface area contributed by atoms with Crippen LogP contribution >= 0.6 is 0 Å². The predicted octanol–water partition coefficient (Wildman–Crippen LogP) is 2.66. The Morgan fingerprint density at radius 1 is 1.25 bits per heavy atom. The van der Waals surface area contributed by atoms with Gasteiger partial charge in [-0.15, -0.1) is 0 Å². The van der Waals surface area contributed by atoms with Crippen LogP contribution < -0.4 is 5.32 Å². The highest BCUT2D eigenvalue weighted by Gasteiger charge is 2.16. The Balaban J connectivity index is 2.12. The number of nitrogens with one attached hydrogen (secondary N) is 1. The lowest BCUT2D eigenvalue weighted by Crippen LogP contribution is -2.27. The average molecular weight is 272 g/mol. The first kappa shape index (κ1) is 14.7. The number of nitrogens with zero attached hydrogens (tertiary/aromatic N) is 3. The minimum absolute atomic E-state index is 0.218. The summed E-state index contributed by atoms with van der Waals surface area (Å²) < 4.78 is 2.08. The van der Waals surface area contributed by atoms with Gasteiger partial charge in [-0.2, -0.15) is 0 Å². The zero-order chi connectivity index (χ0) is 14.4. The molecule has 2 heterocycles. The van der Waals surface area contributed by atoms with Crippen molar-refractivity contribution in [3.8, 4) is 0 Å². The summed E-state index contributed by atoms with van der Waals surface area (Å²) in [7, 11) is 2.04. The fourth-order valence-electron chi connectivity index (χ4n) is 2.28. The van der Waals surface area contributed by atoms with Crippen LogP contribution in [0, 0.1) is 0 Å². The molecule has 1 unspecified atom stereocenters. The Morgan fingerprint density at radius 2 is 2.10 bits per heavy atom. The molecule has 2 rings (SSSR count). The maximum absolute atomic E-state index is 4.56. The van der Waals surface area contributed by atoms with Crippen molar-refractivity contribution in [3.63, 3.8) is 0 Å². The molecular weight excluding hydrogens is 248 g/mol. The van der Waals surface area contributed by atoms with E-state index in [-0.39, 0.29) is 6.04 Å². The van der Waals surface area contributed by atoms with Crippen molar-refractivity contribution in [1.29, 1.82) is 0 Å². The summed E-state index contributed by atoms with van der Waals surface area (Å²) in [6.07, 6.45) is 8.83. The zero-order valence-electron chi connectivity index (χ0n) is 12.6. The summed E-state index contributed by atoms with van der Waals surface area (Å²) in [5.41, 5.74) is 2.39. The summed E-state index contributed by atoms with van der Waals surface area (Å²) in [6.45, 7) is 5.32. The lowest BCUT2D eigenvalue weighted by molar-refractivity contribution is 0.487. The van der Waals surface area contributed by atoms with Crippen molar-refractivity contribution in [3.05, 3.63) is 47.8 Å². The maximum atomic E-state index is 4.56. The molecule has 0 saturated carbocycles. The molecule has 0 amide bonds. The monoisotopic (exact) mass is 272 g/mol. The molecule has 4 heteroatoms. The second-order valence-electron chi connectivity index (χ2n) is 5.12. The fourth-order valence-corrected chi connectivity index (χ4v) is 2.28. The smallest absolute Gasteiger partial charge is 0.125 e. The van der Waals surface area contributed by atoms with E-state index in [4.69, 9.17) is 0 Å². The SMILES string of the molecule is CCCNC(Cc1ccc(CC)cn1)c1nccn1C. The maximum Gasteiger partial charge on any atom is 0.125 e. The Hall–Kier alpha value is -1.68. The minimum Gasteiger partial charge on any atom is -0.337 e. The van der Waals surface area contributed by atoms with E-state index in [2.05, 4.69) is 45.8 Å². The molecule has 1 N–H and O–H groups in total. The molecule has 0 fully saturated rings. The molecular formula is C16H24N4. The van der Waals surface area contributed by atoms with Crippen LogP contribution in [0.1, 0.15) is 43.4 Å². The lowest BCUT2D eigenvalue weighted by atomic mass is 10.1. The Labute approximate surface area is 121 Å². The van der Waals surface area contributed by atoms with E-state index in [0.717, 1.165) is 37.3 Å². The first-order chi connectivity index (χ1) is 9.74. The average Bonchev–Trinajstić information content (AvgIpc) is 2.90. The van der Waals surface area contributed by atoms with Gasteiger partial charge >= 0.3 is 0 Å². The number of pyridine rings is 1. The van der Waals surface area contributed by atoms with Gasteiger partial charge in [-0.05, 0) is 31.0 Å². The number of aromatic nitrogens is 3. The van der Waals surface area contributed by atoms with Gasteiger partial charge in [-0.25, -0.2) is 4.98 Å². The van der Waals surface area contributed by atoms with Crippen LogP contribution in [-0.2, 0) is 19.9 Å². The Morgan fingerprint density at radius 3 is 2.65 bits per heavy atom. The van der Waals surface area contributed by atoms with Crippen LogP contribution in [0.15, 0.2) is 30.7 Å². The Kier molecular flexibility index (Phi) is 5.30. The molecule has 2 aromatic rings. The van der Waals surface area contributed by atoms with E-state index in [9.17, 15) is 0 Å². The quantitative estimate of drug-likeness (QED) is 0.842. The number of hydrogen-bond acceptors (Lipinski definition) is 3. The summed E-state index contributed by atoms with van der Waals surface area (Å²) in [6, 6.07) is 4.51. The molecule has 1 atom stereocenters. The van der Waals surface area contributed by atoms with Crippen LogP contribution in [0.5, 0.6) is 0 Å².